The van der Waals surface area contributed by atoms with Gasteiger partial charge in [-0.3, -0.25) is 9.20 Å². The Labute approximate surface area is 148 Å². The number of amides is 1. The summed E-state index contributed by atoms with van der Waals surface area (Å²) in [7, 11) is 0. The summed E-state index contributed by atoms with van der Waals surface area (Å²) < 4.78 is 1.90. The molecule has 0 saturated heterocycles. The Hall–Kier alpha value is -3.18. The number of halogens is 1. The van der Waals surface area contributed by atoms with Gasteiger partial charge < -0.3 is 5.32 Å². The lowest BCUT2D eigenvalue weighted by Gasteiger charge is -2.07. The first kappa shape index (κ1) is 15.4. The van der Waals surface area contributed by atoms with E-state index in [1.807, 2.05) is 53.1 Å². The number of carbonyl (C=O) groups excluding carboxylic acids is 1. The molecule has 2 aromatic heterocycles. The van der Waals surface area contributed by atoms with Gasteiger partial charge in [0.25, 0.3) is 5.91 Å². The number of fused-ring (bicyclic) bond motifs is 1. The number of hydrogen-bond donors (Lipinski definition) is 1. The van der Waals surface area contributed by atoms with Crippen LogP contribution in [0.15, 0.2) is 72.9 Å². The third kappa shape index (κ3) is 3.09. The lowest BCUT2D eigenvalue weighted by atomic mass is 10.1. The number of carbonyl (C=O) groups is 1. The molecule has 0 fully saturated rings. The maximum absolute atomic E-state index is 12.3. The van der Waals surface area contributed by atoms with Gasteiger partial charge in [-0.25, -0.2) is 0 Å². The van der Waals surface area contributed by atoms with Crippen molar-refractivity contribution in [2.75, 3.05) is 5.32 Å². The fourth-order valence-corrected chi connectivity index (χ4v) is 2.70. The van der Waals surface area contributed by atoms with Gasteiger partial charge in [0, 0.05) is 28.0 Å². The Morgan fingerprint density at radius 2 is 1.80 bits per heavy atom. The van der Waals surface area contributed by atoms with Crippen molar-refractivity contribution in [3.8, 4) is 11.4 Å². The first-order valence-corrected chi connectivity index (χ1v) is 8.06. The highest BCUT2D eigenvalue weighted by molar-refractivity contribution is 6.30. The molecule has 25 heavy (non-hydrogen) atoms. The molecule has 2 heterocycles. The van der Waals surface area contributed by atoms with Gasteiger partial charge in [0.1, 0.15) is 0 Å². The SMILES string of the molecule is O=C(Nc1cccc(-c2nnc3ccccn23)c1)c1ccc(Cl)cc1. The van der Waals surface area contributed by atoms with Crippen LogP contribution in [0.1, 0.15) is 10.4 Å². The number of pyridine rings is 1. The second kappa shape index (κ2) is 6.37. The maximum atomic E-state index is 12.3. The molecule has 6 heteroatoms. The van der Waals surface area contributed by atoms with Crippen LogP contribution < -0.4 is 5.32 Å². The first-order valence-electron chi connectivity index (χ1n) is 7.68. The second-order valence-corrected chi connectivity index (χ2v) is 5.93. The Morgan fingerprint density at radius 3 is 2.64 bits per heavy atom. The van der Waals surface area contributed by atoms with E-state index in [0.717, 1.165) is 17.0 Å². The Balaban J connectivity index is 1.63. The van der Waals surface area contributed by atoms with Gasteiger partial charge >= 0.3 is 0 Å². The third-order valence-corrected chi connectivity index (χ3v) is 4.05. The molecular formula is C19H13ClN4O. The maximum Gasteiger partial charge on any atom is 0.255 e. The monoisotopic (exact) mass is 348 g/mol. The van der Waals surface area contributed by atoms with Crippen molar-refractivity contribution in [2.24, 2.45) is 0 Å². The lowest BCUT2D eigenvalue weighted by Crippen LogP contribution is -2.11. The van der Waals surface area contributed by atoms with Gasteiger partial charge in [-0.1, -0.05) is 29.8 Å². The Morgan fingerprint density at radius 1 is 0.960 bits per heavy atom. The van der Waals surface area contributed by atoms with E-state index in [-0.39, 0.29) is 5.91 Å². The minimum Gasteiger partial charge on any atom is -0.322 e. The van der Waals surface area contributed by atoms with Crippen molar-refractivity contribution in [3.63, 3.8) is 0 Å². The predicted octanol–water partition coefficient (Wildman–Crippen LogP) is 4.30. The van der Waals surface area contributed by atoms with E-state index in [1.165, 1.54) is 0 Å². The van der Waals surface area contributed by atoms with E-state index in [4.69, 9.17) is 11.6 Å². The highest BCUT2D eigenvalue weighted by Crippen LogP contribution is 2.22. The van der Waals surface area contributed by atoms with E-state index in [9.17, 15) is 4.79 Å². The van der Waals surface area contributed by atoms with Crippen molar-refractivity contribution < 1.29 is 4.79 Å². The molecule has 4 rings (SSSR count). The zero-order valence-corrected chi connectivity index (χ0v) is 13.8. The van der Waals surface area contributed by atoms with Crippen molar-refractivity contribution in [2.45, 2.75) is 0 Å². The summed E-state index contributed by atoms with van der Waals surface area (Å²) in [4.78, 5) is 12.3. The van der Waals surface area contributed by atoms with Crippen molar-refractivity contribution >= 4 is 28.8 Å². The van der Waals surface area contributed by atoms with Crippen LogP contribution in [0, 0.1) is 0 Å². The molecule has 1 amide bonds. The van der Waals surface area contributed by atoms with Crippen molar-refractivity contribution in [1.29, 1.82) is 0 Å². The smallest absolute Gasteiger partial charge is 0.255 e. The summed E-state index contributed by atoms with van der Waals surface area (Å²) in [5, 5.41) is 11.9. The zero-order valence-electron chi connectivity index (χ0n) is 13.1. The number of nitrogens with zero attached hydrogens (tertiary/aromatic N) is 3. The van der Waals surface area contributed by atoms with Crippen LogP contribution in [0.5, 0.6) is 0 Å². The number of nitrogens with one attached hydrogen (secondary N) is 1. The van der Waals surface area contributed by atoms with Crippen LogP contribution in [0.2, 0.25) is 5.02 Å². The number of rotatable bonds is 3. The summed E-state index contributed by atoms with van der Waals surface area (Å²) in [6.07, 6.45) is 1.91. The fourth-order valence-electron chi connectivity index (χ4n) is 2.58. The molecule has 2 aromatic carbocycles. The molecule has 0 spiro atoms. The van der Waals surface area contributed by atoms with Gasteiger partial charge in [-0.2, -0.15) is 0 Å². The molecule has 122 valence electrons. The van der Waals surface area contributed by atoms with Gasteiger partial charge in [-0.05, 0) is 48.5 Å². The zero-order chi connectivity index (χ0) is 17.2. The predicted molar refractivity (Wildman–Crippen MR) is 97.8 cm³/mol. The summed E-state index contributed by atoms with van der Waals surface area (Å²) >= 11 is 5.86. The number of benzene rings is 2. The van der Waals surface area contributed by atoms with E-state index < -0.39 is 0 Å². The molecule has 0 bridgehead atoms. The van der Waals surface area contributed by atoms with Gasteiger partial charge in [-0.15, -0.1) is 10.2 Å². The first-order chi connectivity index (χ1) is 12.2. The second-order valence-electron chi connectivity index (χ2n) is 5.49. The third-order valence-electron chi connectivity index (χ3n) is 3.80. The molecule has 0 aliphatic heterocycles. The summed E-state index contributed by atoms with van der Waals surface area (Å²) in [6, 6.07) is 20.0. The molecule has 1 N–H and O–H groups in total. The van der Waals surface area contributed by atoms with E-state index in [1.54, 1.807) is 24.3 Å². The normalized spacial score (nSPS) is 10.8. The standard InChI is InChI=1S/C19H13ClN4O/c20-15-9-7-13(8-10-15)19(25)21-16-5-3-4-14(12-16)18-23-22-17-6-1-2-11-24(17)18/h1-12H,(H,21,25). The fraction of sp³-hybridized carbons (Fsp3) is 0. The minimum absolute atomic E-state index is 0.195. The van der Waals surface area contributed by atoms with Crippen LogP contribution in [-0.4, -0.2) is 20.5 Å². The van der Waals surface area contributed by atoms with Crippen LogP contribution in [0.4, 0.5) is 5.69 Å². The van der Waals surface area contributed by atoms with Crippen molar-refractivity contribution in [3.05, 3.63) is 83.5 Å². The topological polar surface area (TPSA) is 59.3 Å². The average Bonchev–Trinajstić information content (AvgIpc) is 3.06. The van der Waals surface area contributed by atoms with Crippen LogP contribution in [0.3, 0.4) is 0 Å². The van der Waals surface area contributed by atoms with Crippen LogP contribution in [-0.2, 0) is 0 Å². The number of hydrogen-bond acceptors (Lipinski definition) is 3. The summed E-state index contributed by atoms with van der Waals surface area (Å²) in [6.45, 7) is 0. The summed E-state index contributed by atoms with van der Waals surface area (Å²) in [5.41, 5.74) is 2.87. The molecule has 4 aromatic rings. The number of aromatic nitrogens is 3. The van der Waals surface area contributed by atoms with Crippen LogP contribution >= 0.6 is 11.6 Å². The molecule has 0 radical (unpaired) electrons. The highest BCUT2D eigenvalue weighted by atomic mass is 35.5. The summed E-state index contributed by atoms with van der Waals surface area (Å²) in [5.74, 6) is 0.526. The number of anilines is 1. The van der Waals surface area contributed by atoms with Crippen molar-refractivity contribution in [1.82, 2.24) is 14.6 Å². The molecule has 5 nitrogen and oxygen atoms in total. The van der Waals surface area contributed by atoms with Crippen LogP contribution in [0.25, 0.3) is 17.0 Å². The molecule has 0 aliphatic rings. The molecule has 0 atom stereocenters. The lowest BCUT2D eigenvalue weighted by molar-refractivity contribution is 0.102. The van der Waals surface area contributed by atoms with E-state index in [2.05, 4.69) is 15.5 Å². The van der Waals surface area contributed by atoms with Gasteiger partial charge in [0.15, 0.2) is 11.5 Å². The largest absolute Gasteiger partial charge is 0.322 e. The Bertz CT molecular complexity index is 1060. The average molecular weight is 349 g/mol. The molecule has 0 aliphatic carbocycles. The molecular weight excluding hydrogens is 336 g/mol. The minimum atomic E-state index is -0.195. The van der Waals surface area contributed by atoms with Gasteiger partial charge in [0.05, 0.1) is 0 Å². The molecule has 0 saturated carbocycles. The highest BCUT2D eigenvalue weighted by Gasteiger charge is 2.10. The molecule has 0 unspecified atom stereocenters. The van der Waals surface area contributed by atoms with E-state index >= 15 is 0 Å². The quantitative estimate of drug-likeness (QED) is 0.600. The van der Waals surface area contributed by atoms with E-state index in [0.29, 0.717) is 16.3 Å². The Kier molecular flexibility index (Phi) is 3.91. The van der Waals surface area contributed by atoms with Gasteiger partial charge in [0.2, 0.25) is 0 Å².